The first-order chi connectivity index (χ1) is 22.4. The third-order valence-corrected chi connectivity index (χ3v) is 10.2. The van der Waals surface area contributed by atoms with Crippen LogP contribution in [0.4, 0.5) is 5.69 Å². The molecule has 0 bridgehead atoms. The summed E-state index contributed by atoms with van der Waals surface area (Å²) in [6, 6.07) is 21.3. The second kappa shape index (κ2) is 12.2. The van der Waals surface area contributed by atoms with Crippen molar-refractivity contribution in [2.75, 3.05) is 19.0 Å². The summed E-state index contributed by atoms with van der Waals surface area (Å²) in [4.78, 5) is 40.3. The number of fused-ring (bicyclic) bond motifs is 5. The van der Waals surface area contributed by atoms with E-state index < -0.39 is 11.5 Å². The third-order valence-electron chi connectivity index (χ3n) is 10.2. The number of ether oxygens (including phenoxy) is 1. The number of likely N-dealkylation sites (N-methyl/N-ethyl adjacent to an activating group) is 1. The molecular weight excluding hydrogens is 578 g/mol. The SMILES string of the molecule is CN(C(=O)c1ccc2c(C3CCCCC3)c3n(c2c1)CCOc1ccccc1-3)C1(C(=O)Nc2ccc(/C=C/C(=O)O)cc2)CCC1. The van der Waals surface area contributed by atoms with Crippen molar-refractivity contribution in [3.8, 4) is 17.0 Å². The summed E-state index contributed by atoms with van der Waals surface area (Å²) in [5, 5.41) is 13.1. The van der Waals surface area contributed by atoms with Gasteiger partial charge in [0.15, 0.2) is 0 Å². The average Bonchev–Trinajstić information content (AvgIpc) is 3.24. The van der Waals surface area contributed by atoms with Crippen molar-refractivity contribution in [2.45, 2.75) is 69.4 Å². The molecule has 2 N–H and O–H groups in total. The van der Waals surface area contributed by atoms with Gasteiger partial charge in [-0.25, -0.2) is 4.79 Å². The van der Waals surface area contributed by atoms with Gasteiger partial charge in [-0.1, -0.05) is 49.6 Å². The number of aromatic nitrogens is 1. The Balaban J connectivity index is 1.20. The highest BCUT2D eigenvalue weighted by atomic mass is 16.5. The fourth-order valence-electron chi connectivity index (χ4n) is 7.58. The molecule has 2 amide bonds. The number of benzene rings is 3. The molecule has 0 saturated heterocycles. The quantitative estimate of drug-likeness (QED) is 0.210. The highest BCUT2D eigenvalue weighted by Crippen LogP contribution is 2.47. The summed E-state index contributed by atoms with van der Waals surface area (Å²) in [7, 11) is 1.74. The molecule has 0 radical (unpaired) electrons. The minimum Gasteiger partial charge on any atom is -0.491 e. The molecule has 1 aliphatic heterocycles. The number of anilines is 1. The average molecular weight is 618 g/mol. The second-order valence-electron chi connectivity index (χ2n) is 12.8. The lowest BCUT2D eigenvalue weighted by Crippen LogP contribution is -2.61. The Morgan fingerprint density at radius 1 is 0.978 bits per heavy atom. The molecule has 8 nitrogen and oxygen atoms in total. The maximum atomic E-state index is 14.2. The predicted octanol–water partition coefficient (Wildman–Crippen LogP) is 7.48. The zero-order valence-corrected chi connectivity index (χ0v) is 26.1. The maximum absolute atomic E-state index is 14.2. The van der Waals surface area contributed by atoms with Crippen molar-refractivity contribution >= 4 is 40.4 Å². The van der Waals surface area contributed by atoms with Crippen molar-refractivity contribution in [2.24, 2.45) is 0 Å². The number of para-hydroxylation sites is 1. The normalized spacial score (nSPS) is 17.3. The molecule has 236 valence electrons. The Morgan fingerprint density at radius 2 is 1.74 bits per heavy atom. The molecule has 3 aliphatic rings. The maximum Gasteiger partial charge on any atom is 0.328 e. The van der Waals surface area contributed by atoms with Gasteiger partial charge in [0.05, 0.1) is 12.2 Å². The summed E-state index contributed by atoms with van der Waals surface area (Å²) < 4.78 is 8.55. The summed E-state index contributed by atoms with van der Waals surface area (Å²) in [6.07, 6.45) is 10.7. The Hall–Kier alpha value is -4.85. The van der Waals surface area contributed by atoms with Crippen LogP contribution < -0.4 is 10.1 Å². The van der Waals surface area contributed by atoms with Gasteiger partial charge < -0.3 is 24.6 Å². The van der Waals surface area contributed by atoms with Crippen molar-refractivity contribution in [3.05, 3.63) is 89.5 Å². The topological polar surface area (TPSA) is 101 Å². The number of hydrogen-bond donors (Lipinski definition) is 2. The highest BCUT2D eigenvalue weighted by Gasteiger charge is 2.49. The molecular formula is C38H39N3O5. The predicted molar refractivity (Wildman–Crippen MR) is 179 cm³/mol. The summed E-state index contributed by atoms with van der Waals surface area (Å²) in [5.74, 6) is -0.0404. The number of rotatable bonds is 7. The van der Waals surface area contributed by atoms with E-state index in [1.165, 1.54) is 42.0 Å². The molecule has 0 unspecified atom stereocenters. The van der Waals surface area contributed by atoms with E-state index in [1.807, 2.05) is 24.3 Å². The second-order valence-corrected chi connectivity index (χ2v) is 12.8. The van der Waals surface area contributed by atoms with E-state index >= 15 is 0 Å². The molecule has 8 heteroatoms. The summed E-state index contributed by atoms with van der Waals surface area (Å²) >= 11 is 0. The van der Waals surface area contributed by atoms with E-state index in [2.05, 4.69) is 28.1 Å². The van der Waals surface area contributed by atoms with Crippen LogP contribution in [0.2, 0.25) is 0 Å². The van der Waals surface area contributed by atoms with Gasteiger partial charge in [-0.3, -0.25) is 9.59 Å². The zero-order valence-electron chi connectivity index (χ0n) is 26.1. The number of aliphatic carboxylic acids is 1. The number of amides is 2. The molecule has 2 saturated carbocycles. The fraction of sp³-hybridized carbons (Fsp3) is 0.342. The van der Waals surface area contributed by atoms with Crippen molar-refractivity contribution in [1.29, 1.82) is 0 Å². The molecule has 2 fully saturated rings. The minimum absolute atomic E-state index is 0.175. The lowest BCUT2D eigenvalue weighted by atomic mass is 9.74. The number of carbonyl (C=O) groups excluding carboxylic acids is 2. The van der Waals surface area contributed by atoms with Crippen molar-refractivity contribution in [3.63, 3.8) is 0 Å². The molecule has 7 rings (SSSR count). The van der Waals surface area contributed by atoms with Crippen LogP contribution in [0.1, 0.15) is 78.8 Å². The van der Waals surface area contributed by atoms with E-state index in [4.69, 9.17) is 9.84 Å². The van der Waals surface area contributed by atoms with E-state index in [0.29, 0.717) is 48.7 Å². The zero-order chi connectivity index (χ0) is 31.8. The van der Waals surface area contributed by atoms with Crippen LogP contribution in [0.25, 0.3) is 28.2 Å². The van der Waals surface area contributed by atoms with Crippen LogP contribution in [0.5, 0.6) is 5.75 Å². The Kier molecular flexibility index (Phi) is 7.89. The molecule has 0 atom stereocenters. The molecule has 4 aromatic rings. The van der Waals surface area contributed by atoms with Crippen LogP contribution in [-0.4, -0.2) is 51.6 Å². The fourth-order valence-corrected chi connectivity index (χ4v) is 7.58. The number of carbonyl (C=O) groups is 3. The molecule has 1 aromatic heterocycles. The standard InChI is InChI=1S/C38H39N3O5/c1-40(38(20-7-21-38)37(45)39-28-16-12-25(13-17-28)14-19-33(42)43)36(44)27-15-18-29-31(24-27)41-22-23-46-32-11-6-5-10-30(32)35(41)34(29)26-8-3-2-4-9-26/h5-6,10-19,24,26H,2-4,7-9,20-23H2,1H3,(H,39,45)(H,42,43)/b19-14+. The lowest BCUT2D eigenvalue weighted by molar-refractivity contribution is -0.131. The smallest absolute Gasteiger partial charge is 0.328 e. The largest absolute Gasteiger partial charge is 0.491 e. The van der Waals surface area contributed by atoms with Gasteiger partial charge in [0, 0.05) is 40.8 Å². The van der Waals surface area contributed by atoms with Gasteiger partial charge in [-0.2, -0.15) is 0 Å². The van der Waals surface area contributed by atoms with Gasteiger partial charge in [-0.15, -0.1) is 0 Å². The first-order valence-corrected chi connectivity index (χ1v) is 16.3. The third kappa shape index (κ3) is 5.25. The summed E-state index contributed by atoms with van der Waals surface area (Å²) in [6.45, 7) is 1.24. The molecule has 46 heavy (non-hydrogen) atoms. The van der Waals surface area contributed by atoms with Gasteiger partial charge in [-0.05, 0) is 91.6 Å². The number of hydrogen-bond acceptors (Lipinski definition) is 4. The van der Waals surface area contributed by atoms with Gasteiger partial charge in [0.1, 0.15) is 17.9 Å². The van der Waals surface area contributed by atoms with E-state index in [-0.39, 0.29) is 11.8 Å². The summed E-state index contributed by atoms with van der Waals surface area (Å²) in [5.41, 5.74) is 5.68. The van der Waals surface area contributed by atoms with Crippen LogP contribution in [0, 0.1) is 0 Å². The Labute approximate surface area is 268 Å². The van der Waals surface area contributed by atoms with Gasteiger partial charge in [0.25, 0.3) is 5.91 Å². The number of carboxylic acids is 1. The Bertz CT molecular complexity index is 1840. The number of nitrogens with one attached hydrogen (secondary N) is 1. The first-order valence-electron chi connectivity index (χ1n) is 16.3. The molecule has 2 aliphatic carbocycles. The number of nitrogens with zero attached hydrogens (tertiary/aromatic N) is 2. The highest BCUT2D eigenvalue weighted by molar-refractivity contribution is 6.06. The van der Waals surface area contributed by atoms with Gasteiger partial charge >= 0.3 is 5.97 Å². The van der Waals surface area contributed by atoms with E-state index in [9.17, 15) is 14.4 Å². The molecule has 0 spiro atoms. The number of carboxylic acid groups (broad SMARTS) is 1. The van der Waals surface area contributed by atoms with Crippen LogP contribution in [0.3, 0.4) is 0 Å². The molecule has 3 aromatic carbocycles. The minimum atomic E-state index is -1.02. The van der Waals surface area contributed by atoms with Gasteiger partial charge in [0.2, 0.25) is 5.91 Å². The lowest BCUT2D eigenvalue weighted by Gasteiger charge is -2.47. The van der Waals surface area contributed by atoms with E-state index in [0.717, 1.165) is 42.2 Å². The van der Waals surface area contributed by atoms with Crippen molar-refractivity contribution < 1.29 is 24.2 Å². The van der Waals surface area contributed by atoms with Crippen LogP contribution in [-0.2, 0) is 16.1 Å². The van der Waals surface area contributed by atoms with E-state index in [1.54, 1.807) is 36.2 Å². The molecule has 2 heterocycles. The van der Waals surface area contributed by atoms with Crippen molar-refractivity contribution in [1.82, 2.24) is 9.47 Å². The van der Waals surface area contributed by atoms with Crippen LogP contribution >= 0.6 is 0 Å². The Morgan fingerprint density at radius 3 is 2.46 bits per heavy atom. The first kappa shape index (κ1) is 29.8. The van der Waals surface area contributed by atoms with Crippen LogP contribution in [0.15, 0.2) is 72.8 Å². The monoisotopic (exact) mass is 617 g/mol.